The summed E-state index contributed by atoms with van der Waals surface area (Å²) >= 11 is 0. The minimum absolute atomic E-state index is 0.207. The first-order valence-electron chi connectivity index (χ1n) is 5.01. The molecule has 0 amide bonds. The summed E-state index contributed by atoms with van der Waals surface area (Å²) in [5, 5.41) is 11.8. The van der Waals surface area contributed by atoms with Crippen molar-refractivity contribution in [3.63, 3.8) is 0 Å². The summed E-state index contributed by atoms with van der Waals surface area (Å²) in [5.41, 5.74) is 6.14. The summed E-state index contributed by atoms with van der Waals surface area (Å²) in [6.07, 6.45) is 1.65. The molecule has 0 aliphatic rings. The van der Waals surface area contributed by atoms with Crippen LogP contribution < -0.4 is 11.1 Å². The molecule has 2 rings (SSSR count). The molecule has 0 unspecified atom stereocenters. The zero-order chi connectivity index (χ0) is 12.3. The quantitative estimate of drug-likeness (QED) is 0.825. The fraction of sp³-hybridized carbons (Fsp3) is 0.182. The van der Waals surface area contributed by atoms with Crippen molar-refractivity contribution in [2.24, 2.45) is 0 Å². The van der Waals surface area contributed by atoms with Crippen LogP contribution in [0.4, 0.5) is 11.5 Å². The van der Waals surface area contributed by atoms with Crippen molar-refractivity contribution in [1.82, 2.24) is 9.97 Å². The van der Waals surface area contributed by atoms with Gasteiger partial charge < -0.3 is 15.5 Å². The second-order valence-electron chi connectivity index (χ2n) is 3.46. The van der Waals surface area contributed by atoms with E-state index in [1.807, 2.05) is 13.0 Å². The Labute approximate surface area is 98.1 Å². The number of nitriles is 1. The molecule has 6 nitrogen and oxygen atoms in total. The Kier molecular flexibility index (Phi) is 2.92. The number of rotatable bonds is 3. The number of aryl methyl sites for hydroxylation is 1. The SMILES string of the molecule is Cc1cnc(CNc2ccc(N)c(C#N)n2)o1. The Balaban J connectivity index is 2.07. The Morgan fingerprint density at radius 3 is 3.00 bits per heavy atom. The van der Waals surface area contributed by atoms with Crippen LogP contribution in [0.25, 0.3) is 0 Å². The normalized spacial score (nSPS) is 9.88. The average Bonchev–Trinajstić information content (AvgIpc) is 2.74. The van der Waals surface area contributed by atoms with Crippen LogP contribution >= 0.6 is 0 Å². The molecule has 0 bridgehead atoms. The van der Waals surface area contributed by atoms with Gasteiger partial charge in [-0.15, -0.1) is 0 Å². The molecule has 0 radical (unpaired) electrons. The summed E-state index contributed by atoms with van der Waals surface area (Å²) in [6.45, 7) is 2.24. The largest absolute Gasteiger partial charge is 0.444 e. The number of aromatic nitrogens is 2. The molecule has 0 aromatic carbocycles. The van der Waals surface area contributed by atoms with Gasteiger partial charge in [0.15, 0.2) is 5.69 Å². The summed E-state index contributed by atoms with van der Waals surface area (Å²) in [4.78, 5) is 8.09. The number of hydrogen-bond acceptors (Lipinski definition) is 6. The van der Waals surface area contributed by atoms with E-state index < -0.39 is 0 Å². The topological polar surface area (TPSA) is 101 Å². The average molecular weight is 229 g/mol. The second-order valence-corrected chi connectivity index (χ2v) is 3.46. The van der Waals surface area contributed by atoms with Crippen molar-refractivity contribution in [2.45, 2.75) is 13.5 Å². The van der Waals surface area contributed by atoms with E-state index in [0.29, 0.717) is 23.9 Å². The zero-order valence-electron chi connectivity index (χ0n) is 9.27. The molecule has 0 saturated heterocycles. The van der Waals surface area contributed by atoms with E-state index in [-0.39, 0.29) is 5.69 Å². The highest BCUT2D eigenvalue weighted by molar-refractivity contribution is 5.54. The number of oxazole rings is 1. The lowest BCUT2D eigenvalue weighted by Gasteiger charge is -2.04. The summed E-state index contributed by atoms with van der Waals surface area (Å²) in [7, 11) is 0. The molecule has 0 aliphatic heterocycles. The Morgan fingerprint density at radius 2 is 2.35 bits per heavy atom. The van der Waals surface area contributed by atoms with Gasteiger partial charge in [0, 0.05) is 0 Å². The number of pyridine rings is 1. The van der Waals surface area contributed by atoms with Gasteiger partial charge in [-0.1, -0.05) is 0 Å². The standard InChI is InChI=1S/C11H11N5O/c1-7-5-15-11(17-7)6-14-10-3-2-8(13)9(4-12)16-10/h2-3,5H,6,13H2,1H3,(H,14,16). The predicted octanol–water partition coefficient (Wildman–Crippen LogP) is 1.44. The van der Waals surface area contributed by atoms with Crippen LogP contribution in [0, 0.1) is 18.3 Å². The van der Waals surface area contributed by atoms with Crippen LogP contribution in [0.3, 0.4) is 0 Å². The Hall–Kier alpha value is -2.55. The Bertz CT molecular complexity index is 569. The van der Waals surface area contributed by atoms with Crippen LogP contribution in [-0.4, -0.2) is 9.97 Å². The van der Waals surface area contributed by atoms with Gasteiger partial charge in [0.2, 0.25) is 5.89 Å². The van der Waals surface area contributed by atoms with E-state index in [1.165, 1.54) is 0 Å². The molecule has 0 saturated carbocycles. The van der Waals surface area contributed by atoms with E-state index in [9.17, 15) is 0 Å². The first kappa shape index (κ1) is 11.0. The molecular formula is C11H11N5O. The molecule has 2 heterocycles. The smallest absolute Gasteiger partial charge is 0.213 e. The summed E-state index contributed by atoms with van der Waals surface area (Å²) in [6, 6.07) is 5.26. The summed E-state index contributed by atoms with van der Waals surface area (Å²) < 4.78 is 5.29. The van der Waals surface area contributed by atoms with Crippen molar-refractivity contribution in [3.05, 3.63) is 35.7 Å². The van der Waals surface area contributed by atoms with Crippen molar-refractivity contribution in [3.8, 4) is 6.07 Å². The van der Waals surface area contributed by atoms with Gasteiger partial charge in [-0.3, -0.25) is 0 Å². The molecule has 0 spiro atoms. The molecule has 2 aromatic rings. The molecule has 2 aromatic heterocycles. The molecule has 0 atom stereocenters. The number of anilines is 2. The van der Waals surface area contributed by atoms with Gasteiger partial charge in [-0.2, -0.15) is 5.26 Å². The van der Waals surface area contributed by atoms with Gasteiger partial charge in [0.05, 0.1) is 18.4 Å². The molecule has 6 heteroatoms. The molecule has 3 N–H and O–H groups in total. The second kappa shape index (κ2) is 4.53. The first-order valence-corrected chi connectivity index (χ1v) is 5.01. The van der Waals surface area contributed by atoms with Gasteiger partial charge in [0.1, 0.15) is 17.6 Å². The highest BCUT2D eigenvalue weighted by Crippen LogP contribution is 2.13. The lowest BCUT2D eigenvalue weighted by Crippen LogP contribution is -2.03. The molecule has 17 heavy (non-hydrogen) atoms. The number of nitrogen functional groups attached to an aromatic ring is 1. The maximum absolute atomic E-state index is 8.78. The summed E-state index contributed by atoms with van der Waals surface area (Å²) in [5.74, 6) is 1.89. The van der Waals surface area contributed by atoms with E-state index in [4.69, 9.17) is 15.4 Å². The van der Waals surface area contributed by atoms with Crippen molar-refractivity contribution < 1.29 is 4.42 Å². The lowest BCUT2D eigenvalue weighted by atomic mass is 10.3. The van der Waals surface area contributed by atoms with Crippen molar-refractivity contribution in [1.29, 1.82) is 5.26 Å². The zero-order valence-corrected chi connectivity index (χ0v) is 9.27. The third-order valence-electron chi connectivity index (χ3n) is 2.12. The van der Waals surface area contributed by atoms with Gasteiger partial charge in [-0.05, 0) is 19.1 Å². The number of hydrogen-bond donors (Lipinski definition) is 2. The first-order chi connectivity index (χ1) is 8.19. The van der Waals surface area contributed by atoms with E-state index >= 15 is 0 Å². The lowest BCUT2D eigenvalue weighted by molar-refractivity contribution is 0.479. The predicted molar refractivity (Wildman–Crippen MR) is 61.9 cm³/mol. The highest BCUT2D eigenvalue weighted by Gasteiger charge is 2.04. The van der Waals surface area contributed by atoms with E-state index in [0.717, 1.165) is 5.76 Å². The molecular weight excluding hydrogens is 218 g/mol. The minimum atomic E-state index is 0.207. The Morgan fingerprint density at radius 1 is 1.53 bits per heavy atom. The van der Waals surface area contributed by atoms with Gasteiger partial charge in [-0.25, -0.2) is 9.97 Å². The number of nitrogens with one attached hydrogen (secondary N) is 1. The van der Waals surface area contributed by atoms with Crippen LogP contribution in [0.2, 0.25) is 0 Å². The van der Waals surface area contributed by atoms with Crippen LogP contribution in [0.1, 0.15) is 17.3 Å². The molecule has 0 aliphatic carbocycles. The van der Waals surface area contributed by atoms with Crippen LogP contribution in [0.15, 0.2) is 22.7 Å². The highest BCUT2D eigenvalue weighted by atomic mass is 16.4. The molecule has 0 fully saturated rings. The maximum Gasteiger partial charge on any atom is 0.213 e. The third-order valence-corrected chi connectivity index (χ3v) is 2.12. The monoisotopic (exact) mass is 229 g/mol. The fourth-order valence-corrected chi connectivity index (χ4v) is 1.31. The van der Waals surface area contributed by atoms with Gasteiger partial charge >= 0.3 is 0 Å². The maximum atomic E-state index is 8.78. The van der Waals surface area contributed by atoms with E-state index in [2.05, 4.69) is 15.3 Å². The fourth-order valence-electron chi connectivity index (χ4n) is 1.31. The minimum Gasteiger partial charge on any atom is -0.444 e. The third kappa shape index (κ3) is 2.52. The molecule has 86 valence electrons. The van der Waals surface area contributed by atoms with Crippen LogP contribution in [0.5, 0.6) is 0 Å². The number of nitrogens with two attached hydrogens (primary N) is 1. The van der Waals surface area contributed by atoms with E-state index in [1.54, 1.807) is 18.3 Å². The number of nitrogens with zero attached hydrogens (tertiary/aromatic N) is 3. The van der Waals surface area contributed by atoms with Crippen LogP contribution in [-0.2, 0) is 6.54 Å². The van der Waals surface area contributed by atoms with Crippen molar-refractivity contribution in [2.75, 3.05) is 11.1 Å². The van der Waals surface area contributed by atoms with Gasteiger partial charge in [0.25, 0.3) is 0 Å². The van der Waals surface area contributed by atoms with Crippen molar-refractivity contribution >= 4 is 11.5 Å².